The normalized spacial score (nSPS) is 13.7. The minimum absolute atomic E-state index is 0. The Balaban J connectivity index is 0.000000221. The molecule has 0 spiro atoms. The maximum Gasteiger partial charge on any atom is 0.0320 e. The molecule has 0 aliphatic heterocycles. The van der Waals surface area contributed by atoms with Crippen LogP contribution in [0.1, 0.15) is 13.8 Å². The van der Waals surface area contributed by atoms with Gasteiger partial charge in [-0.05, 0) is 54.7 Å². The molecule has 0 amide bonds. The summed E-state index contributed by atoms with van der Waals surface area (Å²) in [4.78, 5) is 23.2. The van der Waals surface area contributed by atoms with Crippen LogP contribution in [-0.4, -0.2) is 62.9 Å². The van der Waals surface area contributed by atoms with Crippen LogP contribution in [0.15, 0.2) is 269 Å². The smallest absolute Gasteiger partial charge is 0.0320 e. The molecule has 6 aromatic carbocycles. The van der Waals surface area contributed by atoms with Gasteiger partial charge in [0, 0.05) is 58.8 Å². The zero-order chi connectivity index (χ0) is 50.7. The predicted molar refractivity (Wildman–Crippen MR) is 304 cm³/mol. The Kier molecular flexibility index (Phi) is 26.5. The zero-order valence-electron chi connectivity index (χ0n) is 40.0. The van der Waals surface area contributed by atoms with Crippen LogP contribution in [0.25, 0.3) is 0 Å². The second-order valence-electron chi connectivity index (χ2n) is 16.5. The van der Waals surface area contributed by atoms with Gasteiger partial charge in [-0.1, -0.05) is 34.8 Å². The number of rotatable bonds is 12. The standard InChI is InChI=1S/2C22H22GeO2.3C6H4Cl.Sb/c2*1-18(22(24)25)17-23(19-11-5-2-6-12-19,20-13-7-3-8-14-20)21-15-9-4-10-16-21;3*7-6-4-2-1-3-5-6;/h2*2-16,18H,17H2,1H3,(H,24,25);3*2-5H;/p-2. The van der Waals surface area contributed by atoms with Gasteiger partial charge in [0.1, 0.15) is 0 Å². The first-order valence-electron chi connectivity index (χ1n) is 23.1. The topological polar surface area (TPSA) is 80.3 Å². The molecular weight excluding hydrogens is 1180 g/mol. The number of carboxylic acid groups (broad SMARTS) is 2. The van der Waals surface area contributed by atoms with Gasteiger partial charge in [-0.3, -0.25) is 0 Å². The Labute approximate surface area is 464 Å². The molecule has 72 heavy (non-hydrogen) atoms. The molecule has 0 saturated heterocycles. The third-order valence-electron chi connectivity index (χ3n) is 11.7. The number of hydrogen-bond acceptors (Lipinski definition) is 4. The fraction of sp³-hybridized carbons (Fsp3) is 0.0968. The van der Waals surface area contributed by atoms with Crippen LogP contribution in [-0.2, 0) is 9.59 Å². The van der Waals surface area contributed by atoms with Gasteiger partial charge in [-0.2, -0.15) is 0 Å². The van der Waals surface area contributed by atoms with Crippen molar-refractivity contribution in [1.29, 1.82) is 0 Å². The average Bonchev–Trinajstić information content (AvgIpc) is 3.42. The van der Waals surface area contributed by atoms with E-state index in [9.17, 15) is 19.8 Å². The monoisotopic (exact) mass is 1240 g/mol. The Morgan fingerprint density at radius 2 is 0.583 bits per heavy atom. The van der Waals surface area contributed by atoms with E-state index < -0.39 is 50.3 Å². The third kappa shape index (κ3) is 18.1. The molecule has 0 bridgehead atoms. The molecule has 362 valence electrons. The molecule has 0 N–H and O–H groups in total. The fourth-order valence-electron chi connectivity index (χ4n) is 8.23. The minimum atomic E-state index is -3.15. The van der Waals surface area contributed by atoms with Gasteiger partial charge < -0.3 is 0 Å². The first-order valence-corrected chi connectivity index (χ1v) is 33.5. The van der Waals surface area contributed by atoms with Crippen molar-refractivity contribution in [2.75, 3.05) is 0 Å². The third-order valence-corrected chi connectivity index (χ3v) is 34.2. The summed E-state index contributed by atoms with van der Waals surface area (Å²) >= 11 is 10.3. The van der Waals surface area contributed by atoms with Gasteiger partial charge in [0.15, 0.2) is 0 Å². The summed E-state index contributed by atoms with van der Waals surface area (Å²) in [6.45, 7) is 3.54. The summed E-state index contributed by atoms with van der Waals surface area (Å²) in [5.74, 6) is -2.95. The van der Waals surface area contributed by atoms with E-state index in [1.807, 2.05) is 109 Å². The van der Waals surface area contributed by atoms with Crippen LogP contribution < -0.4 is 36.6 Å². The quantitative estimate of drug-likeness (QED) is 0.0908. The van der Waals surface area contributed by atoms with Crippen molar-refractivity contribution in [2.24, 2.45) is 11.8 Å². The number of aliphatic carboxylic acids is 2. The molecule has 2 atom stereocenters. The van der Waals surface area contributed by atoms with E-state index in [1.165, 1.54) is 26.4 Å². The molecule has 0 fully saturated rings. The van der Waals surface area contributed by atoms with Gasteiger partial charge in [0.25, 0.3) is 0 Å². The Hall–Kier alpha value is -5.19. The molecule has 6 radical (unpaired) electrons. The zero-order valence-corrected chi connectivity index (χ0v) is 49.0. The van der Waals surface area contributed by atoms with Crippen molar-refractivity contribution < 1.29 is 19.8 Å². The van der Waals surface area contributed by atoms with E-state index >= 15 is 0 Å². The van der Waals surface area contributed by atoms with E-state index in [0.717, 1.165) is 15.1 Å². The number of halogens is 3. The van der Waals surface area contributed by atoms with Crippen LogP contribution in [0, 0.1) is 31.1 Å². The van der Waals surface area contributed by atoms with Crippen LogP contribution in [0.3, 0.4) is 0 Å². The van der Waals surface area contributed by atoms with Crippen molar-refractivity contribution in [1.82, 2.24) is 0 Å². The summed E-state index contributed by atoms with van der Waals surface area (Å²) in [5.41, 5.74) is 8.55. The molecule has 0 aromatic heterocycles. The molecule has 4 nitrogen and oxygen atoms in total. The van der Waals surface area contributed by atoms with Gasteiger partial charge in [-0.25, -0.2) is 0 Å². The number of carbonyl (C=O) groups is 2. The number of carbonyl (C=O) groups excluding carboxylic acids is 2. The molecule has 3 aliphatic rings. The van der Waals surface area contributed by atoms with Gasteiger partial charge >= 0.3 is 303 Å². The Bertz CT molecular complexity index is 2480. The summed E-state index contributed by atoms with van der Waals surface area (Å²) in [7, 11) is 0. The van der Waals surface area contributed by atoms with Gasteiger partial charge in [-0.15, -0.1) is 17.2 Å². The van der Waals surface area contributed by atoms with Crippen LogP contribution in [0.4, 0.5) is 0 Å². The summed E-state index contributed by atoms with van der Waals surface area (Å²) < 4.78 is 7.63. The maximum absolute atomic E-state index is 11.6. The Morgan fingerprint density at radius 3 is 0.708 bits per heavy atom. The molecule has 2 unspecified atom stereocenters. The molecule has 3 aliphatic carbocycles. The molecule has 10 heteroatoms. The number of benzene rings is 6. The molecule has 0 heterocycles. The number of allylic oxidation sites excluding steroid dienone is 9. The van der Waals surface area contributed by atoms with E-state index in [4.69, 9.17) is 34.8 Å². The van der Waals surface area contributed by atoms with Crippen molar-refractivity contribution >= 4 is 124 Å². The maximum atomic E-state index is 11.6. The summed E-state index contributed by atoms with van der Waals surface area (Å²) in [6.07, 6.45) is 21.4. The minimum Gasteiger partial charge on any atom is -0.124 e. The van der Waals surface area contributed by atoms with E-state index in [2.05, 4.69) is 90.0 Å². The Morgan fingerprint density at radius 1 is 0.389 bits per heavy atom. The number of carboxylic acids is 2. The van der Waals surface area contributed by atoms with Crippen LogP contribution >= 0.6 is 34.8 Å². The van der Waals surface area contributed by atoms with Crippen molar-refractivity contribution in [3.8, 4) is 0 Å². The van der Waals surface area contributed by atoms with Crippen LogP contribution in [0.5, 0.6) is 0 Å². The van der Waals surface area contributed by atoms with Crippen LogP contribution in [0.2, 0.25) is 10.5 Å². The second-order valence-corrected chi connectivity index (χ2v) is 34.4. The number of hydrogen-bond donors (Lipinski definition) is 0. The molecule has 6 aromatic rings. The van der Waals surface area contributed by atoms with Crippen molar-refractivity contribution in [3.63, 3.8) is 0 Å². The van der Waals surface area contributed by atoms with Crippen molar-refractivity contribution in [3.05, 3.63) is 288 Å². The van der Waals surface area contributed by atoms with Gasteiger partial charge in [0.2, 0.25) is 0 Å². The first-order chi connectivity index (χ1) is 34.5. The SMILES string of the molecule is CC([CH2][Ge]([c]1ccccc1)([c]1ccccc1)[c]1ccccc1)C(=O)[O-].CC([CH2][Ge]([c]1ccccc1)([c]1ccccc1)[c]1ccccc1)C(=O)[O-].ClC1=CC=C=C[CH]1.ClC1=CC=C=C[CH]1.ClC1=CC=C=C[CH]1.[Sb]. The van der Waals surface area contributed by atoms with E-state index in [0.29, 0.717) is 10.5 Å². The average molecular weight is 1240 g/mol. The first kappa shape index (κ1) is 59.4. The molecule has 9 rings (SSSR count). The van der Waals surface area contributed by atoms with E-state index in [-0.39, 0.29) is 24.4 Å². The predicted octanol–water partition coefficient (Wildman–Crippen LogP) is 8.82. The summed E-state index contributed by atoms with van der Waals surface area (Å²) in [5, 5.41) is 26.7. The molecular formula is C62H54Cl3Ge2O4Sb-2. The summed E-state index contributed by atoms with van der Waals surface area (Å²) in [6, 6.07) is 62.5. The largest absolute Gasteiger partial charge is 0.124 e. The van der Waals surface area contributed by atoms with Crippen molar-refractivity contribution in [2.45, 2.75) is 24.4 Å². The van der Waals surface area contributed by atoms with Gasteiger partial charge in [0.05, 0.1) is 0 Å². The second kappa shape index (κ2) is 32.1. The fourth-order valence-corrected chi connectivity index (χ4v) is 29.9. The van der Waals surface area contributed by atoms with E-state index in [1.54, 1.807) is 87.8 Å². The molecule has 0 saturated carbocycles.